The molecule has 15 heavy (non-hydrogen) atoms. The monoisotopic (exact) mass is 261 g/mol. The van der Waals surface area contributed by atoms with Gasteiger partial charge in [-0.3, -0.25) is 0 Å². The maximum Gasteiger partial charge on any atom is 0.0396 e. The average molecular weight is 262 g/mol. The number of hydrogen-bond donors (Lipinski definition) is 1. The molecular weight excluding hydrogens is 250 g/mol. The molecule has 0 aliphatic heterocycles. The topological polar surface area (TPSA) is 26.0 Å². The molecule has 0 radical (unpaired) electrons. The largest absolute Gasteiger partial charge is 0.398 e. The number of benzene rings is 2. The van der Waals surface area contributed by atoms with Gasteiger partial charge in [-0.2, -0.15) is 0 Å². The molecular formula is C13H12BrN. The fourth-order valence-corrected chi connectivity index (χ4v) is 2.00. The van der Waals surface area contributed by atoms with Crippen LogP contribution in [0.4, 0.5) is 5.69 Å². The van der Waals surface area contributed by atoms with Gasteiger partial charge in [0.2, 0.25) is 0 Å². The molecule has 0 bridgehead atoms. The summed E-state index contributed by atoms with van der Waals surface area (Å²) in [7, 11) is 0. The minimum Gasteiger partial charge on any atom is -0.398 e. The van der Waals surface area contributed by atoms with E-state index in [0.29, 0.717) is 0 Å². The molecule has 0 saturated heterocycles. The highest BCUT2D eigenvalue weighted by Crippen LogP contribution is 2.28. The summed E-state index contributed by atoms with van der Waals surface area (Å²) in [5.74, 6) is 0. The van der Waals surface area contributed by atoms with E-state index in [1.165, 1.54) is 5.56 Å². The molecule has 0 amide bonds. The van der Waals surface area contributed by atoms with Gasteiger partial charge in [-0.05, 0) is 36.2 Å². The van der Waals surface area contributed by atoms with Crippen molar-refractivity contribution in [2.75, 3.05) is 5.73 Å². The molecule has 0 aliphatic rings. The Morgan fingerprint density at radius 2 is 1.87 bits per heavy atom. The van der Waals surface area contributed by atoms with Crippen LogP contribution in [0.5, 0.6) is 0 Å². The normalized spacial score (nSPS) is 10.3. The Kier molecular flexibility index (Phi) is 2.78. The van der Waals surface area contributed by atoms with Crippen molar-refractivity contribution in [1.29, 1.82) is 0 Å². The van der Waals surface area contributed by atoms with Crippen molar-refractivity contribution in [3.05, 3.63) is 52.5 Å². The second-order valence-electron chi connectivity index (χ2n) is 3.60. The zero-order chi connectivity index (χ0) is 10.8. The molecule has 0 heterocycles. The molecule has 0 atom stereocenters. The van der Waals surface area contributed by atoms with Crippen LogP contribution >= 0.6 is 15.9 Å². The molecule has 2 aromatic carbocycles. The number of anilines is 1. The standard InChI is InChI=1S/C13H12BrN/c1-9-5-6-12(13(15)7-9)10-3-2-4-11(14)8-10/h2-8H,15H2,1H3. The maximum atomic E-state index is 5.99. The summed E-state index contributed by atoms with van der Waals surface area (Å²) in [5.41, 5.74) is 10.2. The van der Waals surface area contributed by atoms with Crippen LogP contribution in [0, 0.1) is 6.92 Å². The molecule has 0 spiro atoms. The van der Waals surface area contributed by atoms with E-state index in [1.807, 2.05) is 25.1 Å². The molecule has 2 rings (SSSR count). The molecule has 76 valence electrons. The van der Waals surface area contributed by atoms with Crippen LogP contribution in [-0.4, -0.2) is 0 Å². The molecule has 0 aromatic heterocycles. The summed E-state index contributed by atoms with van der Waals surface area (Å²) in [5, 5.41) is 0. The van der Waals surface area contributed by atoms with Crippen LogP contribution < -0.4 is 5.73 Å². The van der Waals surface area contributed by atoms with Crippen molar-refractivity contribution in [1.82, 2.24) is 0 Å². The number of aryl methyl sites for hydroxylation is 1. The molecule has 0 unspecified atom stereocenters. The number of hydrogen-bond acceptors (Lipinski definition) is 1. The Hall–Kier alpha value is -1.28. The summed E-state index contributed by atoms with van der Waals surface area (Å²) < 4.78 is 1.07. The first-order valence-corrected chi connectivity index (χ1v) is 5.58. The van der Waals surface area contributed by atoms with E-state index < -0.39 is 0 Å². The zero-order valence-electron chi connectivity index (χ0n) is 8.50. The van der Waals surface area contributed by atoms with Crippen molar-refractivity contribution in [2.45, 2.75) is 6.92 Å². The minimum atomic E-state index is 0.827. The van der Waals surface area contributed by atoms with Gasteiger partial charge in [0.15, 0.2) is 0 Å². The van der Waals surface area contributed by atoms with Crippen molar-refractivity contribution >= 4 is 21.6 Å². The fourth-order valence-electron chi connectivity index (χ4n) is 1.60. The van der Waals surface area contributed by atoms with Crippen molar-refractivity contribution in [3.63, 3.8) is 0 Å². The number of rotatable bonds is 1. The van der Waals surface area contributed by atoms with Gasteiger partial charge in [0.25, 0.3) is 0 Å². The molecule has 0 saturated carbocycles. The van der Waals surface area contributed by atoms with Gasteiger partial charge in [-0.15, -0.1) is 0 Å². The molecule has 0 aliphatic carbocycles. The van der Waals surface area contributed by atoms with Crippen LogP contribution in [-0.2, 0) is 0 Å². The highest BCUT2D eigenvalue weighted by atomic mass is 79.9. The zero-order valence-corrected chi connectivity index (χ0v) is 10.1. The second kappa shape index (κ2) is 4.07. The van der Waals surface area contributed by atoms with Gasteiger partial charge < -0.3 is 5.73 Å². The molecule has 0 fully saturated rings. The summed E-state index contributed by atoms with van der Waals surface area (Å²) in [6, 6.07) is 14.3. The Labute approximate surface area is 98.1 Å². The Morgan fingerprint density at radius 3 is 2.53 bits per heavy atom. The lowest BCUT2D eigenvalue weighted by atomic mass is 10.0. The first kappa shape index (κ1) is 10.2. The predicted octanol–water partition coefficient (Wildman–Crippen LogP) is 4.01. The van der Waals surface area contributed by atoms with E-state index in [9.17, 15) is 0 Å². The van der Waals surface area contributed by atoms with Gasteiger partial charge in [-0.25, -0.2) is 0 Å². The number of nitrogens with two attached hydrogens (primary N) is 1. The lowest BCUT2D eigenvalue weighted by Crippen LogP contribution is -1.90. The molecule has 2 N–H and O–H groups in total. The van der Waals surface area contributed by atoms with E-state index in [2.05, 4.69) is 40.2 Å². The van der Waals surface area contributed by atoms with Crippen molar-refractivity contribution in [3.8, 4) is 11.1 Å². The first-order chi connectivity index (χ1) is 7.16. The summed E-state index contributed by atoms with van der Waals surface area (Å²) in [6.45, 7) is 2.04. The van der Waals surface area contributed by atoms with Crippen LogP contribution in [0.1, 0.15) is 5.56 Å². The number of nitrogen functional groups attached to an aromatic ring is 1. The highest BCUT2D eigenvalue weighted by molar-refractivity contribution is 9.10. The third-order valence-corrected chi connectivity index (χ3v) is 2.84. The van der Waals surface area contributed by atoms with Gasteiger partial charge >= 0.3 is 0 Å². The second-order valence-corrected chi connectivity index (χ2v) is 4.52. The van der Waals surface area contributed by atoms with Crippen LogP contribution in [0.25, 0.3) is 11.1 Å². The molecule has 2 aromatic rings. The summed E-state index contributed by atoms with van der Waals surface area (Å²) in [6.07, 6.45) is 0. The fraction of sp³-hybridized carbons (Fsp3) is 0.0769. The summed E-state index contributed by atoms with van der Waals surface area (Å²) >= 11 is 3.46. The highest BCUT2D eigenvalue weighted by Gasteiger charge is 2.02. The van der Waals surface area contributed by atoms with E-state index in [4.69, 9.17) is 5.73 Å². The van der Waals surface area contributed by atoms with E-state index in [-0.39, 0.29) is 0 Å². The SMILES string of the molecule is Cc1ccc(-c2cccc(Br)c2)c(N)c1. The quantitative estimate of drug-likeness (QED) is 0.772. The van der Waals surface area contributed by atoms with Crippen molar-refractivity contribution in [2.24, 2.45) is 0 Å². The van der Waals surface area contributed by atoms with Crippen LogP contribution in [0.3, 0.4) is 0 Å². The Balaban J connectivity index is 2.54. The lowest BCUT2D eigenvalue weighted by Gasteiger charge is -2.07. The third-order valence-electron chi connectivity index (χ3n) is 2.34. The lowest BCUT2D eigenvalue weighted by molar-refractivity contribution is 1.47. The average Bonchev–Trinajstić information content (AvgIpc) is 2.17. The van der Waals surface area contributed by atoms with Crippen LogP contribution in [0.15, 0.2) is 46.9 Å². The third kappa shape index (κ3) is 2.21. The number of halogens is 1. The Bertz CT molecular complexity index is 492. The summed E-state index contributed by atoms with van der Waals surface area (Å²) in [4.78, 5) is 0. The van der Waals surface area contributed by atoms with Gasteiger partial charge in [0.05, 0.1) is 0 Å². The van der Waals surface area contributed by atoms with E-state index in [1.54, 1.807) is 0 Å². The molecule has 1 nitrogen and oxygen atoms in total. The maximum absolute atomic E-state index is 5.99. The van der Waals surface area contributed by atoms with Gasteiger partial charge in [-0.1, -0.05) is 40.2 Å². The first-order valence-electron chi connectivity index (χ1n) is 4.79. The van der Waals surface area contributed by atoms with E-state index in [0.717, 1.165) is 21.3 Å². The van der Waals surface area contributed by atoms with Crippen molar-refractivity contribution < 1.29 is 0 Å². The predicted molar refractivity (Wildman–Crippen MR) is 68.7 cm³/mol. The Morgan fingerprint density at radius 1 is 1.07 bits per heavy atom. The van der Waals surface area contributed by atoms with Gasteiger partial charge in [0, 0.05) is 15.7 Å². The molecule has 2 heteroatoms. The van der Waals surface area contributed by atoms with Crippen LogP contribution in [0.2, 0.25) is 0 Å². The smallest absolute Gasteiger partial charge is 0.0396 e. The van der Waals surface area contributed by atoms with E-state index >= 15 is 0 Å². The van der Waals surface area contributed by atoms with Gasteiger partial charge in [0.1, 0.15) is 0 Å². The minimum absolute atomic E-state index is 0.827.